The maximum absolute atomic E-state index is 5.69. The number of nitrogens with two attached hydrogens (primary N) is 1. The van der Waals surface area contributed by atoms with E-state index in [1.807, 2.05) is 12.1 Å². The molecule has 0 radical (unpaired) electrons. The lowest BCUT2D eigenvalue weighted by molar-refractivity contribution is 0.592. The zero-order valence-corrected chi connectivity index (χ0v) is 8.71. The topological polar surface area (TPSA) is 26.0 Å². The first kappa shape index (κ1) is 9.57. The molecule has 0 atom stereocenters. The van der Waals surface area contributed by atoms with Gasteiger partial charge in [0.1, 0.15) is 0 Å². The van der Waals surface area contributed by atoms with Gasteiger partial charge in [0.2, 0.25) is 0 Å². The standard InChI is InChI=1S/C13H19N/c14-13-9-7-12(8-10-13)11-5-3-1-2-4-6-11/h7-11H,1-6,14H2. The molecule has 1 aliphatic rings. The second-order valence-electron chi connectivity index (χ2n) is 4.36. The van der Waals surface area contributed by atoms with Gasteiger partial charge in [0.25, 0.3) is 0 Å². The summed E-state index contributed by atoms with van der Waals surface area (Å²) in [6, 6.07) is 8.46. The summed E-state index contributed by atoms with van der Waals surface area (Å²) in [6.45, 7) is 0. The fraction of sp³-hybridized carbons (Fsp3) is 0.538. The van der Waals surface area contributed by atoms with Crippen molar-refractivity contribution < 1.29 is 0 Å². The molecule has 1 heteroatoms. The van der Waals surface area contributed by atoms with Crippen molar-refractivity contribution in [1.82, 2.24) is 0 Å². The van der Waals surface area contributed by atoms with E-state index in [9.17, 15) is 0 Å². The van der Waals surface area contributed by atoms with Crippen LogP contribution in [0, 0.1) is 0 Å². The molecule has 0 saturated heterocycles. The molecule has 0 heterocycles. The Morgan fingerprint density at radius 3 is 2.00 bits per heavy atom. The molecule has 1 saturated carbocycles. The summed E-state index contributed by atoms with van der Waals surface area (Å²) >= 11 is 0. The van der Waals surface area contributed by atoms with Gasteiger partial charge in [-0.1, -0.05) is 37.8 Å². The van der Waals surface area contributed by atoms with Crippen LogP contribution in [-0.4, -0.2) is 0 Å². The van der Waals surface area contributed by atoms with Crippen LogP contribution in [0.15, 0.2) is 24.3 Å². The molecular weight excluding hydrogens is 170 g/mol. The van der Waals surface area contributed by atoms with E-state index in [1.54, 1.807) is 0 Å². The first-order valence-corrected chi connectivity index (χ1v) is 5.72. The Kier molecular flexibility index (Phi) is 3.07. The van der Waals surface area contributed by atoms with E-state index in [1.165, 1.54) is 44.1 Å². The molecule has 0 aliphatic heterocycles. The Bertz CT molecular complexity index is 268. The molecule has 1 nitrogen and oxygen atoms in total. The van der Waals surface area contributed by atoms with Crippen molar-refractivity contribution >= 4 is 5.69 Å². The van der Waals surface area contributed by atoms with Crippen LogP contribution in [0.1, 0.15) is 50.0 Å². The van der Waals surface area contributed by atoms with Crippen LogP contribution in [0.25, 0.3) is 0 Å². The normalized spacial score (nSPS) is 19.1. The molecule has 0 spiro atoms. The minimum atomic E-state index is 0.790. The van der Waals surface area contributed by atoms with Gasteiger partial charge in [0, 0.05) is 5.69 Å². The van der Waals surface area contributed by atoms with E-state index in [4.69, 9.17) is 5.73 Å². The summed E-state index contributed by atoms with van der Waals surface area (Å²) in [4.78, 5) is 0. The summed E-state index contributed by atoms with van der Waals surface area (Å²) in [6.07, 6.45) is 8.37. The number of anilines is 1. The molecule has 1 aromatic carbocycles. The van der Waals surface area contributed by atoms with Gasteiger partial charge < -0.3 is 5.73 Å². The monoisotopic (exact) mass is 189 g/mol. The Hall–Kier alpha value is -0.980. The minimum absolute atomic E-state index is 0.790. The zero-order chi connectivity index (χ0) is 9.80. The third-order valence-electron chi connectivity index (χ3n) is 3.26. The predicted molar refractivity (Wildman–Crippen MR) is 61.3 cm³/mol. The molecule has 14 heavy (non-hydrogen) atoms. The quantitative estimate of drug-likeness (QED) is 0.529. The highest BCUT2D eigenvalue weighted by molar-refractivity contribution is 5.40. The predicted octanol–water partition coefficient (Wildman–Crippen LogP) is 3.71. The van der Waals surface area contributed by atoms with Crippen molar-refractivity contribution in [3.05, 3.63) is 29.8 Å². The fourth-order valence-electron chi connectivity index (χ4n) is 2.38. The van der Waals surface area contributed by atoms with Gasteiger partial charge in [-0.25, -0.2) is 0 Å². The van der Waals surface area contributed by atoms with Crippen LogP contribution in [0.3, 0.4) is 0 Å². The van der Waals surface area contributed by atoms with Crippen molar-refractivity contribution in [2.75, 3.05) is 5.73 Å². The molecule has 76 valence electrons. The molecule has 2 N–H and O–H groups in total. The molecule has 1 aromatic rings. The second-order valence-corrected chi connectivity index (χ2v) is 4.36. The lowest BCUT2D eigenvalue weighted by atomic mass is 9.92. The highest BCUT2D eigenvalue weighted by Crippen LogP contribution is 2.31. The maximum Gasteiger partial charge on any atom is 0.0314 e. The number of benzene rings is 1. The molecule has 0 amide bonds. The van der Waals surface area contributed by atoms with E-state index in [-0.39, 0.29) is 0 Å². The molecule has 1 fully saturated rings. The number of nitrogen functional groups attached to an aromatic ring is 1. The molecule has 0 aromatic heterocycles. The SMILES string of the molecule is Nc1ccc(C2CCCCCC2)cc1. The van der Waals surface area contributed by atoms with Crippen molar-refractivity contribution in [3.63, 3.8) is 0 Å². The average Bonchev–Trinajstić information content (AvgIpc) is 2.47. The molecule has 1 aliphatic carbocycles. The van der Waals surface area contributed by atoms with E-state index in [2.05, 4.69) is 12.1 Å². The van der Waals surface area contributed by atoms with Crippen LogP contribution in [0.2, 0.25) is 0 Å². The molecule has 2 rings (SSSR count). The summed E-state index contributed by atoms with van der Waals surface area (Å²) in [5, 5.41) is 0. The van der Waals surface area contributed by atoms with E-state index in [0.717, 1.165) is 11.6 Å². The fourth-order valence-corrected chi connectivity index (χ4v) is 2.38. The minimum Gasteiger partial charge on any atom is -0.399 e. The number of rotatable bonds is 1. The number of hydrogen-bond acceptors (Lipinski definition) is 1. The van der Waals surface area contributed by atoms with Crippen molar-refractivity contribution in [3.8, 4) is 0 Å². The van der Waals surface area contributed by atoms with Gasteiger partial charge in [-0.05, 0) is 36.5 Å². The zero-order valence-electron chi connectivity index (χ0n) is 8.71. The van der Waals surface area contributed by atoms with Crippen molar-refractivity contribution in [1.29, 1.82) is 0 Å². The molecule has 0 unspecified atom stereocenters. The van der Waals surface area contributed by atoms with Crippen LogP contribution in [0.5, 0.6) is 0 Å². The molecular formula is C13H19N. The van der Waals surface area contributed by atoms with Gasteiger partial charge in [0.05, 0.1) is 0 Å². The summed E-state index contributed by atoms with van der Waals surface area (Å²) in [5.41, 5.74) is 8.05. The Morgan fingerprint density at radius 2 is 1.43 bits per heavy atom. The highest BCUT2D eigenvalue weighted by atomic mass is 14.5. The lowest BCUT2D eigenvalue weighted by Crippen LogP contribution is -1.97. The van der Waals surface area contributed by atoms with E-state index in [0.29, 0.717) is 0 Å². The first-order chi connectivity index (χ1) is 6.86. The summed E-state index contributed by atoms with van der Waals surface area (Å²) in [7, 11) is 0. The Morgan fingerprint density at radius 1 is 0.857 bits per heavy atom. The molecule has 0 bridgehead atoms. The Labute approximate surface area is 86.3 Å². The largest absolute Gasteiger partial charge is 0.399 e. The van der Waals surface area contributed by atoms with E-state index >= 15 is 0 Å². The van der Waals surface area contributed by atoms with Gasteiger partial charge in [0.15, 0.2) is 0 Å². The third-order valence-corrected chi connectivity index (χ3v) is 3.26. The van der Waals surface area contributed by atoms with Crippen LogP contribution in [0.4, 0.5) is 5.69 Å². The lowest BCUT2D eigenvalue weighted by Gasteiger charge is -2.14. The smallest absolute Gasteiger partial charge is 0.0314 e. The van der Waals surface area contributed by atoms with Crippen LogP contribution >= 0.6 is 0 Å². The number of hydrogen-bond donors (Lipinski definition) is 1. The van der Waals surface area contributed by atoms with Crippen molar-refractivity contribution in [2.24, 2.45) is 0 Å². The van der Waals surface area contributed by atoms with E-state index < -0.39 is 0 Å². The van der Waals surface area contributed by atoms with Gasteiger partial charge in [-0.15, -0.1) is 0 Å². The van der Waals surface area contributed by atoms with Gasteiger partial charge in [-0.3, -0.25) is 0 Å². The first-order valence-electron chi connectivity index (χ1n) is 5.72. The van der Waals surface area contributed by atoms with Gasteiger partial charge >= 0.3 is 0 Å². The highest BCUT2D eigenvalue weighted by Gasteiger charge is 2.13. The summed E-state index contributed by atoms with van der Waals surface area (Å²) in [5.74, 6) is 0.790. The maximum atomic E-state index is 5.69. The Balaban J connectivity index is 2.08. The summed E-state index contributed by atoms with van der Waals surface area (Å²) < 4.78 is 0. The van der Waals surface area contributed by atoms with Crippen LogP contribution in [-0.2, 0) is 0 Å². The third kappa shape index (κ3) is 2.28. The van der Waals surface area contributed by atoms with Crippen LogP contribution < -0.4 is 5.73 Å². The average molecular weight is 189 g/mol. The van der Waals surface area contributed by atoms with Crippen molar-refractivity contribution in [2.45, 2.75) is 44.4 Å². The van der Waals surface area contributed by atoms with Gasteiger partial charge in [-0.2, -0.15) is 0 Å². The second kappa shape index (κ2) is 4.50.